The minimum atomic E-state index is 0.143. The van der Waals surface area contributed by atoms with E-state index < -0.39 is 0 Å². The minimum absolute atomic E-state index is 0.143. The number of thioether (sulfide) groups is 1. The molecule has 1 aromatic rings. The van der Waals surface area contributed by atoms with Gasteiger partial charge >= 0.3 is 0 Å². The number of nitrogens with zero attached hydrogens (tertiary/aromatic N) is 2. The summed E-state index contributed by atoms with van der Waals surface area (Å²) in [7, 11) is 0. The van der Waals surface area contributed by atoms with Crippen LogP contribution in [0.1, 0.15) is 49.6 Å². The molecule has 1 aromatic heterocycles. The molecule has 90 valence electrons. The maximum atomic E-state index is 5.87. The molecule has 2 rings (SSSR count). The van der Waals surface area contributed by atoms with Gasteiger partial charge in [-0.05, 0) is 25.0 Å². The third kappa shape index (κ3) is 2.98. The highest BCUT2D eigenvalue weighted by Crippen LogP contribution is 2.37. The summed E-state index contributed by atoms with van der Waals surface area (Å²) < 4.78 is 5.31. The fourth-order valence-corrected chi connectivity index (χ4v) is 3.02. The Labute approximate surface area is 100 Å². The molecular weight excluding hydrogens is 222 g/mol. The first-order valence-corrected chi connectivity index (χ1v) is 7.04. The summed E-state index contributed by atoms with van der Waals surface area (Å²) in [6, 6.07) is 0.143. The summed E-state index contributed by atoms with van der Waals surface area (Å²) in [6.45, 7) is 2.07. The Bertz CT molecular complexity index is 323. The monoisotopic (exact) mass is 241 g/mol. The van der Waals surface area contributed by atoms with Crippen molar-refractivity contribution in [2.45, 2.75) is 50.3 Å². The van der Waals surface area contributed by atoms with E-state index in [9.17, 15) is 0 Å². The quantitative estimate of drug-likeness (QED) is 0.876. The molecule has 0 bridgehead atoms. The van der Waals surface area contributed by atoms with E-state index in [1.54, 1.807) is 0 Å². The number of rotatable bonds is 4. The second kappa shape index (κ2) is 5.68. The van der Waals surface area contributed by atoms with Gasteiger partial charge in [0.2, 0.25) is 5.89 Å². The molecule has 0 saturated carbocycles. The first kappa shape index (κ1) is 11.9. The molecule has 2 unspecified atom stereocenters. The van der Waals surface area contributed by atoms with Crippen LogP contribution in [0.15, 0.2) is 4.52 Å². The number of hydrogen-bond acceptors (Lipinski definition) is 5. The molecule has 2 N–H and O–H groups in total. The highest BCUT2D eigenvalue weighted by Gasteiger charge is 2.22. The molecule has 16 heavy (non-hydrogen) atoms. The van der Waals surface area contributed by atoms with E-state index in [1.807, 2.05) is 11.8 Å². The van der Waals surface area contributed by atoms with Crippen LogP contribution >= 0.6 is 11.8 Å². The second-order valence-corrected chi connectivity index (χ2v) is 5.59. The maximum Gasteiger partial charge on any atom is 0.239 e. The molecule has 1 aliphatic heterocycles. The van der Waals surface area contributed by atoms with Gasteiger partial charge in [-0.2, -0.15) is 4.98 Å². The van der Waals surface area contributed by atoms with Crippen molar-refractivity contribution in [1.82, 2.24) is 10.1 Å². The van der Waals surface area contributed by atoms with Crippen LogP contribution in [-0.4, -0.2) is 21.9 Å². The van der Waals surface area contributed by atoms with E-state index in [0.29, 0.717) is 5.25 Å². The first-order valence-electron chi connectivity index (χ1n) is 5.99. The molecule has 2 heterocycles. The molecule has 0 aliphatic carbocycles. The average Bonchev–Trinajstić information content (AvgIpc) is 2.78. The lowest BCUT2D eigenvalue weighted by Crippen LogP contribution is -2.22. The fraction of sp³-hybridized carbons (Fsp3) is 0.818. The SMILES string of the molecule is CCC(N)Cc1noc(C2CCCCS2)n1. The van der Waals surface area contributed by atoms with E-state index in [1.165, 1.54) is 18.6 Å². The van der Waals surface area contributed by atoms with Crippen molar-refractivity contribution in [3.63, 3.8) is 0 Å². The van der Waals surface area contributed by atoms with Crippen LogP contribution in [-0.2, 0) is 6.42 Å². The van der Waals surface area contributed by atoms with E-state index in [-0.39, 0.29) is 6.04 Å². The lowest BCUT2D eigenvalue weighted by molar-refractivity contribution is 0.364. The van der Waals surface area contributed by atoms with Gasteiger partial charge in [-0.25, -0.2) is 0 Å². The van der Waals surface area contributed by atoms with Gasteiger partial charge in [-0.3, -0.25) is 0 Å². The Hall–Kier alpha value is -0.550. The summed E-state index contributed by atoms with van der Waals surface area (Å²) in [5.74, 6) is 2.76. The van der Waals surface area contributed by atoms with Gasteiger partial charge in [-0.15, -0.1) is 11.8 Å². The second-order valence-electron chi connectivity index (χ2n) is 4.28. The normalized spacial score (nSPS) is 23.2. The van der Waals surface area contributed by atoms with Gasteiger partial charge in [0.1, 0.15) is 0 Å². The topological polar surface area (TPSA) is 64.9 Å². The van der Waals surface area contributed by atoms with E-state index in [2.05, 4.69) is 17.1 Å². The molecule has 1 fully saturated rings. The molecule has 0 spiro atoms. The highest BCUT2D eigenvalue weighted by atomic mass is 32.2. The maximum absolute atomic E-state index is 5.87. The van der Waals surface area contributed by atoms with Crippen LogP contribution in [0.2, 0.25) is 0 Å². The van der Waals surface area contributed by atoms with Crippen molar-refractivity contribution in [2.24, 2.45) is 5.73 Å². The molecule has 4 nitrogen and oxygen atoms in total. The number of aromatic nitrogens is 2. The Morgan fingerprint density at radius 3 is 3.12 bits per heavy atom. The zero-order valence-corrected chi connectivity index (χ0v) is 10.5. The standard InChI is InChI=1S/C11H19N3OS/c1-2-8(12)7-10-13-11(15-14-10)9-5-3-4-6-16-9/h8-9H,2-7,12H2,1H3. The molecule has 2 atom stereocenters. The van der Waals surface area contributed by atoms with Crippen LogP contribution in [0.3, 0.4) is 0 Å². The van der Waals surface area contributed by atoms with Gasteiger partial charge in [0.15, 0.2) is 5.82 Å². The molecule has 1 aliphatic rings. The lowest BCUT2D eigenvalue weighted by atomic mass is 10.1. The molecule has 1 saturated heterocycles. The predicted octanol–water partition coefficient (Wildman–Crippen LogP) is 2.31. The summed E-state index contributed by atoms with van der Waals surface area (Å²) in [5, 5.41) is 4.41. The zero-order valence-electron chi connectivity index (χ0n) is 9.69. The van der Waals surface area contributed by atoms with Crippen molar-refractivity contribution in [3.8, 4) is 0 Å². The molecule has 0 radical (unpaired) electrons. The Kier molecular flexibility index (Phi) is 4.23. The largest absolute Gasteiger partial charge is 0.338 e. The fourth-order valence-electron chi connectivity index (χ4n) is 1.80. The minimum Gasteiger partial charge on any atom is -0.338 e. The predicted molar refractivity (Wildman–Crippen MR) is 65.3 cm³/mol. The van der Waals surface area contributed by atoms with Crippen molar-refractivity contribution in [2.75, 3.05) is 5.75 Å². The van der Waals surface area contributed by atoms with Crippen LogP contribution in [0.4, 0.5) is 0 Å². The summed E-state index contributed by atoms with van der Waals surface area (Å²) >= 11 is 1.93. The third-order valence-electron chi connectivity index (χ3n) is 2.91. The number of hydrogen-bond donors (Lipinski definition) is 1. The Morgan fingerprint density at radius 1 is 1.56 bits per heavy atom. The highest BCUT2D eigenvalue weighted by molar-refractivity contribution is 7.99. The average molecular weight is 241 g/mol. The van der Waals surface area contributed by atoms with Crippen LogP contribution in [0.5, 0.6) is 0 Å². The van der Waals surface area contributed by atoms with Crippen LogP contribution in [0, 0.1) is 0 Å². The van der Waals surface area contributed by atoms with E-state index in [4.69, 9.17) is 10.3 Å². The van der Waals surface area contributed by atoms with E-state index >= 15 is 0 Å². The van der Waals surface area contributed by atoms with E-state index in [0.717, 1.165) is 31.0 Å². The van der Waals surface area contributed by atoms with Crippen molar-refractivity contribution in [1.29, 1.82) is 0 Å². The van der Waals surface area contributed by atoms with Crippen molar-refractivity contribution < 1.29 is 4.52 Å². The molecule has 5 heteroatoms. The van der Waals surface area contributed by atoms with Crippen LogP contribution in [0.25, 0.3) is 0 Å². The molecule has 0 aromatic carbocycles. The van der Waals surface area contributed by atoms with Gasteiger partial charge in [0.05, 0.1) is 5.25 Å². The Morgan fingerprint density at radius 2 is 2.44 bits per heavy atom. The van der Waals surface area contributed by atoms with Crippen molar-refractivity contribution >= 4 is 11.8 Å². The van der Waals surface area contributed by atoms with Gasteiger partial charge in [-0.1, -0.05) is 18.5 Å². The summed E-state index contributed by atoms with van der Waals surface area (Å²) in [4.78, 5) is 4.44. The number of nitrogens with two attached hydrogens (primary N) is 1. The van der Waals surface area contributed by atoms with Crippen LogP contribution < -0.4 is 5.73 Å². The van der Waals surface area contributed by atoms with Gasteiger partial charge < -0.3 is 10.3 Å². The molecular formula is C11H19N3OS. The molecule has 0 amide bonds. The van der Waals surface area contributed by atoms with Gasteiger partial charge in [0, 0.05) is 12.5 Å². The smallest absolute Gasteiger partial charge is 0.239 e. The first-order chi connectivity index (χ1) is 7.79. The Balaban J connectivity index is 1.95. The lowest BCUT2D eigenvalue weighted by Gasteiger charge is -2.16. The van der Waals surface area contributed by atoms with Crippen molar-refractivity contribution in [3.05, 3.63) is 11.7 Å². The summed E-state index contributed by atoms with van der Waals surface area (Å²) in [6.07, 6.45) is 5.40. The summed E-state index contributed by atoms with van der Waals surface area (Å²) in [5.41, 5.74) is 5.87. The third-order valence-corrected chi connectivity index (χ3v) is 4.27. The zero-order chi connectivity index (χ0) is 11.4. The van der Waals surface area contributed by atoms with Gasteiger partial charge in [0.25, 0.3) is 0 Å².